The Kier molecular flexibility index (Phi) is 2.72. The summed E-state index contributed by atoms with van der Waals surface area (Å²) < 4.78 is 0. The maximum atomic E-state index is 11.6. The molecule has 0 radical (unpaired) electrons. The van der Waals surface area contributed by atoms with Gasteiger partial charge >= 0.3 is 0 Å². The lowest BCUT2D eigenvalue weighted by Crippen LogP contribution is -2.60. The molecule has 0 saturated carbocycles. The fraction of sp³-hybridized carbons (Fsp3) is 0.444. The molecule has 5 N–H and O–H groups in total. The molecule has 0 fully saturated rings. The summed E-state index contributed by atoms with van der Waals surface area (Å²) in [5.74, 6) is -1.82. The van der Waals surface area contributed by atoms with Crippen LogP contribution in [0.4, 0.5) is 0 Å². The second-order valence-corrected chi connectivity index (χ2v) is 3.86. The van der Waals surface area contributed by atoms with E-state index in [0.717, 1.165) is 0 Å². The molecule has 2 heterocycles. The van der Waals surface area contributed by atoms with Gasteiger partial charge in [0.25, 0.3) is 5.91 Å². The molecule has 2 amide bonds. The number of nitrogens with zero attached hydrogens (tertiary/aromatic N) is 3. The molecule has 0 saturated heterocycles. The molecule has 0 bridgehead atoms. The second-order valence-electron chi connectivity index (χ2n) is 3.86. The lowest BCUT2D eigenvalue weighted by atomic mass is 10.1. The monoisotopic (exact) mass is 236 g/mol. The molecule has 2 aliphatic rings. The summed E-state index contributed by atoms with van der Waals surface area (Å²) in [4.78, 5) is 33.9. The van der Waals surface area contributed by atoms with Crippen molar-refractivity contribution in [3.63, 3.8) is 0 Å². The van der Waals surface area contributed by atoms with Crippen LogP contribution in [-0.4, -0.2) is 35.5 Å². The normalized spacial score (nSPS) is 26.1. The quantitative estimate of drug-likeness (QED) is 0.534. The minimum Gasteiger partial charge on any atom is -0.370 e. The van der Waals surface area contributed by atoms with Crippen LogP contribution in [-0.2, 0) is 9.59 Å². The van der Waals surface area contributed by atoms with E-state index in [9.17, 15) is 9.59 Å². The van der Waals surface area contributed by atoms with Crippen LogP contribution < -0.4 is 16.8 Å². The van der Waals surface area contributed by atoms with Crippen LogP contribution in [0.3, 0.4) is 0 Å². The highest BCUT2D eigenvalue weighted by molar-refractivity contribution is 6.69. The van der Waals surface area contributed by atoms with Crippen molar-refractivity contribution in [1.29, 1.82) is 0 Å². The molecule has 2 aliphatic heterocycles. The van der Waals surface area contributed by atoms with Gasteiger partial charge in [0.1, 0.15) is 6.34 Å². The van der Waals surface area contributed by atoms with Crippen LogP contribution in [0.25, 0.3) is 0 Å². The molecule has 0 aliphatic carbocycles. The van der Waals surface area contributed by atoms with E-state index in [0.29, 0.717) is 12.8 Å². The molecular weight excluding hydrogens is 224 g/mol. The predicted octanol–water partition coefficient (Wildman–Crippen LogP) is -1.73. The van der Waals surface area contributed by atoms with Crippen molar-refractivity contribution in [3.8, 4) is 0 Å². The van der Waals surface area contributed by atoms with E-state index in [1.54, 1.807) is 0 Å². The molecule has 8 nitrogen and oxygen atoms in total. The number of carbonyl (C=O) groups excluding carboxylic acids is 2. The molecule has 1 atom stereocenters. The minimum atomic E-state index is -1.23. The van der Waals surface area contributed by atoms with Crippen molar-refractivity contribution in [2.45, 2.75) is 25.0 Å². The second kappa shape index (κ2) is 4.06. The van der Waals surface area contributed by atoms with Gasteiger partial charge in [-0.25, -0.2) is 15.0 Å². The van der Waals surface area contributed by atoms with Gasteiger partial charge in [-0.2, -0.15) is 0 Å². The van der Waals surface area contributed by atoms with E-state index in [-0.39, 0.29) is 18.0 Å². The Morgan fingerprint density at radius 3 is 3.00 bits per heavy atom. The maximum Gasteiger partial charge on any atom is 0.276 e. The zero-order valence-electron chi connectivity index (χ0n) is 9.01. The number of carbonyl (C=O) groups is 2. The molecule has 8 heteroatoms. The highest BCUT2D eigenvalue weighted by atomic mass is 16.2. The van der Waals surface area contributed by atoms with E-state index in [2.05, 4.69) is 20.3 Å². The fourth-order valence-electron chi connectivity index (χ4n) is 1.63. The molecule has 0 aromatic rings. The fourth-order valence-corrected chi connectivity index (χ4v) is 1.63. The van der Waals surface area contributed by atoms with Crippen LogP contribution in [0.15, 0.2) is 15.0 Å². The first-order valence-corrected chi connectivity index (χ1v) is 5.10. The summed E-state index contributed by atoms with van der Waals surface area (Å²) in [6, 6.07) is 0. The van der Waals surface area contributed by atoms with Gasteiger partial charge in [0.2, 0.25) is 5.91 Å². The van der Waals surface area contributed by atoms with E-state index in [1.165, 1.54) is 6.34 Å². The SMILES string of the molecule is NC(=O)CCCC1(N)N=C2N=CN=C2C(=O)N1. The molecule has 17 heavy (non-hydrogen) atoms. The van der Waals surface area contributed by atoms with Gasteiger partial charge in [0.15, 0.2) is 17.3 Å². The third-order valence-electron chi connectivity index (χ3n) is 2.41. The molecule has 0 aromatic carbocycles. The van der Waals surface area contributed by atoms with Crippen LogP contribution in [0.5, 0.6) is 0 Å². The number of nitrogens with one attached hydrogen (secondary N) is 1. The molecular formula is C9H12N6O2. The van der Waals surface area contributed by atoms with E-state index in [1.807, 2.05) is 0 Å². The number of amides is 2. The summed E-state index contributed by atoms with van der Waals surface area (Å²) in [6.45, 7) is 0. The number of amidine groups is 1. The first kappa shape index (κ1) is 11.4. The van der Waals surface area contributed by atoms with Crippen molar-refractivity contribution in [1.82, 2.24) is 5.32 Å². The molecule has 2 rings (SSSR count). The summed E-state index contributed by atoms with van der Waals surface area (Å²) in [6.07, 6.45) is 2.21. The number of hydrogen-bond donors (Lipinski definition) is 3. The number of rotatable bonds is 4. The number of nitrogens with two attached hydrogens (primary N) is 2. The Balaban J connectivity index is 2.08. The highest BCUT2D eigenvalue weighted by Crippen LogP contribution is 2.16. The number of aliphatic imine (C=N–C) groups is 3. The van der Waals surface area contributed by atoms with Crippen molar-refractivity contribution < 1.29 is 9.59 Å². The minimum absolute atomic E-state index is 0.168. The topological polar surface area (TPSA) is 135 Å². The smallest absolute Gasteiger partial charge is 0.276 e. The summed E-state index contributed by atoms with van der Waals surface area (Å²) in [7, 11) is 0. The van der Waals surface area contributed by atoms with Gasteiger partial charge in [-0.05, 0) is 6.42 Å². The first-order chi connectivity index (χ1) is 8.00. The first-order valence-electron chi connectivity index (χ1n) is 5.10. The van der Waals surface area contributed by atoms with Crippen molar-refractivity contribution in [2.24, 2.45) is 26.4 Å². The Bertz CT molecular complexity index is 466. The van der Waals surface area contributed by atoms with Gasteiger partial charge in [-0.1, -0.05) is 0 Å². The Hall–Kier alpha value is -2.09. The average Bonchev–Trinajstić information content (AvgIpc) is 2.64. The Morgan fingerprint density at radius 1 is 1.53 bits per heavy atom. The van der Waals surface area contributed by atoms with Gasteiger partial charge < -0.3 is 11.1 Å². The summed E-state index contributed by atoms with van der Waals surface area (Å²) >= 11 is 0. The Morgan fingerprint density at radius 2 is 2.29 bits per heavy atom. The van der Waals surface area contributed by atoms with Crippen molar-refractivity contribution in [2.75, 3.05) is 0 Å². The third-order valence-corrected chi connectivity index (χ3v) is 2.41. The molecule has 90 valence electrons. The van der Waals surface area contributed by atoms with Gasteiger partial charge in [-0.15, -0.1) is 0 Å². The summed E-state index contributed by atoms with van der Waals surface area (Å²) in [5.41, 5.74) is 11.1. The Labute approximate surface area is 96.9 Å². The zero-order chi connectivity index (χ0) is 12.5. The lowest BCUT2D eigenvalue weighted by Gasteiger charge is -2.29. The predicted molar refractivity (Wildman–Crippen MR) is 61.5 cm³/mol. The zero-order valence-corrected chi connectivity index (χ0v) is 9.01. The highest BCUT2D eigenvalue weighted by Gasteiger charge is 2.36. The van der Waals surface area contributed by atoms with Gasteiger partial charge in [-0.3, -0.25) is 15.3 Å². The summed E-state index contributed by atoms with van der Waals surface area (Å²) in [5, 5.41) is 2.53. The lowest BCUT2D eigenvalue weighted by molar-refractivity contribution is -0.118. The number of fused-ring (bicyclic) bond motifs is 1. The van der Waals surface area contributed by atoms with Gasteiger partial charge in [0.05, 0.1) is 0 Å². The van der Waals surface area contributed by atoms with Crippen LogP contribution in [0.2, 0.25) is 0 Å². The maximum absolute atomic E-state index is 11.6. The van der Waals surface area contributed by atoms with E-state index >= 15 is 0 Å². The largest absolute Gasteiger partial charge is 0.370 e. The third kappa shape index (κ3) is 2.36. The number of primary amides is 1. The standard InChI is InChI=1S/C9H12N6O2/c10-5(16)2-1-3-9(11)14-7-6(8(17)15-9)12-4-13-7/h4H,1-3,11H2,(H2,10,16)(H,15,17). The van der Waals surface area contributed by atoms with Crippen LogP contribution in [0.1, 0.15) is 19.3 Å². The van der Waals surface area contributed by atoms with Crippen LogP contribution >= 0.6 is 0 Å². The average molecular weight is 236 g/mol. The van der Waals surface area contributed by atoms with Crippen molar-refractivity contribution >= 4 is 29.7 Å². The molecule has 1 unspecified atom stereocenters. The van der Waals surface area contributed by atoms with Crippen LogP contribution in [0, 0.1) is 0 Å². The van der Waals surface area contributed by atoms with Crippen molar-refractivity contribution in [3.05, 3.63) is 0 Å². The number of hydrogen-bond acceptors (Lipinski definition) is 6. The van der Waals surface area contributed by atoms with E-state index < -0.39 is 17.6 Å². The molecule has 0 spiro atoms. The van der Waals surface area contributed by atoms with Gasteiger partial charge in [0, 0.05) is 12.8 Å². The molecule has 0 aromatic heterocycles. The van der Waals surface area contributed by atoms with E-state index in [4.69, 9.17) is 11.5 Å².